The predicted molar refractivity (Wildman–Crippen MR) is 82.5 cm³/mol. The second-order valence-electron chi connectivity index (χ2n) is 6.90. The van der Waals surface area contributed by atoms with Crippen LogP contribution in [-0.2, 0) is 0 Å². The fraction of sp³-hybridized carbons (Fsp3) is 1.00. The van der Waals surface area contributed by atoms with E-state index in [-0.39, 0.29) is 0 Å². The van der Waals surface area contributed by atoms with Crippen molar-refractivity contribution in [1.82, 2.24) is 15.1 Å². The van der Waals surface area contributed by atoms with Crippen molar-refractivity contribution in [3.63, 3.8) is 0 Å². The second kappa shape index (κ2) is 7.05. The molecule has 112 valence electrons. The van der Waals surface area contributed by atoms with Crippen LogP contribution in [-0.4, -0.2) is 61.2 Å². The van der Waals surface area contributed by atoms with Gasteiger partial charge in [0.05, 0.1) is 0 Å². The van der Waals surface area contributed by atoms with Crippen molar-refractivity contribution in [3.05, 3.63) is 0 Å². The quantitative estimate of drug-likeness (QED) is 0.842. The fourth-order valence-corrected chi connectivity index (χ4v) is 3.60. The molecule has 0 saturated carbocycles. The van der Waals surface area contributed by atoms with Crippen LogP contribution in [0.5, 0.6) is 0 Å². The van der Waals surface area contributed by atoms with Gasteiger partial charge in [0.25, 0.3) is 0 Å². The van der Waals surface area contributed by atoms with Crippen LogP contribution in [0.15, 0.2) is 0 Å². The molecule has 0 radical (unpaired) electrons. The number of hydrogen-bond acceptors (Lipinski definition) is 3. The molecular weight excluding hydrogens is 234 g/mol. The third-order valence-corrected chi connectivity index (χ3v) is 5.21. The molecule has 19 heavy (non-hydrogen) atoms. The molecule has 1 N–H and O–H groups in total. The Morgan fingerprint density at radius 1 is 1.21 bits per heavy atom. The highest BCUT2D eigenvalue weighted by molar-refractivity contribution is 4.89. The Labute approximate surface area is 119 Å². The Kier molecular flexibility index (Phi) is 5.67. The highest BCUT2D eigenvalue weighted by Crippen LogP contribution is 2.20. The van der Waals surface area contributed by atoms with Crippen LogP contribution in [0.25, 0.3) is 0 Å². The van der Waals surface area contributed by atoms with Gasteiger partial charge >= 0.3 is 0 Å². The van der Waals surface area contributed by atoms with Gasteiger partial charge in [-0.25, -0.2) is 0 Å². The maximum absolute atomic E-state index is 3.74. The van der Waals surface area contributed by atoms with E-state index in [0.717, 1.165) is 18.0 Å². The molecule has 3 atom stereocenters. The van der Waals surface area contributed by atoms with Crippen LogP contribution in [0.3, 0.4) is 0 Å². The van der Waals surface area contributed by atoms with Crippen molar-refractivity contribution >= 4 is 0 Å². The van der Waals surface area contributed by atoms with Crippen LogP contribution < -0.4 is 5.32 Å². The van der Waals surface area contributed by atoms with Crippen molar-refractivity contribution in [2.45, 2.75) is 64.6 Å². The molecule has 0 amide bonds. The SMILES string of the molecule is CCC1CNC(C(C)C)CN1CC1CCCCN1C. The van der Waals surface area contributed by atoms with Gasteiger partial charge in [0.2, 0.25) is 0 Å². The van der Waals surface area contributed by atoms with Gasteiger partial charge in [0.1, 0.15) is 0 Å². The van der Waals surface area contributed by atoms with Gasteiger partial charge in [-0.2, -0.15) is 0 Å². The summed E-state index contributed by atoms with van der Waals surface area (Å²) in [6, 6.07) is 2.20. The lowest BCUT2D eigenvalue weighted by Crippen LogP contribution is -2.60. The second-order valence-corrected chi connectivity index (χ2v) is 6.90. The van der Waals surface area contributed by atoms with E-state index in [1.807, 2.05) is 0 Å². The molecule has 2 rings (SSSR count). The van der Waals surface area contributed by atoms with Crippen molar-refractivity contribution in [3.8, 4) is 0 Å². The van der Waals surface area contributed by atoms with Crippen LogP contribution in [0.4, 0.5) is 0 Å². The smallest absolute Gasteiger partial charge is 0.0220 e. The molecule has 0 aliphatic carbocycles. The number of likely N-dealkylation sites (N-methyl/N-ethyl adjacent to an activating group) is 1. The lowest BCUT2D eigenvalue weighted by molar-refractivity contribution is 0.0628. The number of rotatable bonds is 4. The number of piperidine rings is 1. The van der Waals surface area contributed by atoms with Gasteiger partial charge in [-0.15, -0.1) is 0 Å². The maximum Gasteiger partial charge on any atom is 0.0220 e. The molecule has 0 aromatic heterocycles. The normalized spacial score (nSPS) is 34.9. The summed E-state index contributed by atoms with van der Waals surface area (Å²) < 4.78 is 0. The van der Waals surface area contributed by atoms with Crippen molar-refractivity contribution < 1.29 is 0 Å². The molecule has 2 aliphatic rings. The summed E-state index contributed by atoms with van der Waals surface area (Å²) in [6.45, 7) is 12.0. The maximum atomic E-state index is 3.74. The molecule has 0 spiro atoms. The number of likely N-dealkylation sites (tertiary alicyclic amines) is 1. The Bertz CT molecular complexity index is 267. The van der Waals surface area contributed by atoms with E-state index in [0.29, 0.717) is 6.04 Å². The molecule has 3 heteroatoms. The highest BCUT2D eigenvalue weighted by atomic mass is 15.3. The van der Waals surface area contributed by atoms with Gasteiger partial charge in [0.15, 0.2) is 0 Å². The molecule has 0 aromatic carbocycles. The molecule has 3 unspecified atom stereocenters. The Morgan fingerprint density at radius 3 is 2.63 bits per heavy atom. The van der Waals surface area contributed by atoms with E-state index in [4.69, 9.17) is 0 Å². The Balaban J connectivity index is 1.93. The first-order chi connectivity index (χ1) is 9.11. The van der Waals surface area contributed by atoms with Gasteiger partial charge in [0, 0.05) is 37.8 Å². The molecule has 2 aliphatic heterocycles. The number of piperazine rings is 1. The van der Waals surface area contributed by atoms with Crippen molar-refractivity contribution in [1.29, 1.82) is 0 Å². The van der Waals surface area contributed by atoms with E-state index in [1.54, 1.807) is 0 Å². The largest absolute Gasteiger partial charge is 0.311 e. The zero-order chi connectivity index (χ0) is 13.8. The fourth-order valence-electron chi connectivity index (χ4n) is 3.60. The summed E-state index contributed by atoms with van der Waals surface area (Å²) in [7, 11) is 2.31. The van der Waals surface area contributed by atoms with E-state index < -0.39 is 0 Å². The predicted octanol–water partition coefficient (Wildman–Crippen LogP) is 2.18. The first-order valence-corrected chi connectivity index (χ1v) is 8.29. The van der Waals surface area contributed by atoms with Crippen LogP contribution >= 0.6 is 0 Å². The van der Waals surface area contributed by atoms with Gasteiger partial charge in [-0.3, -0.25) is 4.90 Å². The lowest BCUT2D eigenvalue weighted by atomic mass is 9.96. The minimum atomic E-state index is 0.677. The van der Waals surface area contributed by atoms with Gasteiger partial charge < -0.3 is 10.2 Å². The van der Waals surface area contributed by atoms with E-state index >= 15 is 0 Å². The first kappa shape index (κ1) is 15.3. The van der Waals surface area contributed by atoms with Gasteiger partial charge in [-0.1, -0.05) is 27.2 Å². The topological polar surface area (TPSA) is 18.5 Å². The molecule has 0 bridgehead atoms. The molecule has 2 saturated heterocycles. The molecule has 0 aromatic rings. The summed E-state index contributed by atoms with van der Waals surface area (Å²) in [6.07, 6.45) is 5.48. The summed E-state index contributed by atoms with van der Waals surface area (Å²) >= 11 is 0. The molecule has 2 heterocycles. The first-order valence-electron chi connectivity index (χ1n) is 8.29. The zero-order valence-corrected chi connectivity index (χ0v) is 13.4. The monoisotopic (exact) mass is 267 g/mol. The third kappa shape index (κ3) is 3.93. The van der Waals surface area contributed by atoms with Crippen LogP contribution in [0.1, 0.15) is 46.5 Å². The average Bonchev–Trinajstić information content (AvgIpc) is 2.41. The molecule has 2 fully saturated rings. The summed E-state index contributed by atoms with van der Waals surface area (Å²) in [5.74, 6) is 0.740. The number of nitrogens with one attached hydrogen (secondary N) is 1. The van der Waals surface area contributed by atoms with E-state index in [9.17, 15) is 0 Å². The third-order valence-electron chi connectivity index (χ3n) is 5.21. The lowest BCUT2D eigenvalue weighted by Gasteiger charge is -2.45. The van der Waals surface area contributed by atoms with Crippen molar-refractivity contribution in [2.24, 2.45) is 5.92 Å². The van der Waals surface area contributed by atoms with Crippen LogP contribution in [0, 0.1) is 5.92 Å². The highest BCUT2D eigenvalue weighted by Gasteiger charge is 2.31. The Morgan fingerprint density at radius 2 is 2.00 bits per heavy atom. The van der Waals surface area contributed by atoms with E-state index in [1.165, 1.54) is 51.9 Å². The minimum absolute atomic E-state index is 0.677. The molecule has 3 nitrogen and oxygen atoms in total. The summed E-state index contributed by atoms with van der Waals surface area (Å²) in [4.78, 5) is 5.36. The summed E-state index contributed by atoms with van der Waals surface area (Å²) in [5.41, 5.74) is 0. The van der Waals surface area contributed by atoms with E-state index in [2.05, 4.69) is 42.9 Å². The number of hydrogen-bond donors (Lipinski definition) is 1. The zero-order valence-electron chi connectivity index (χ0n) is 13.4. The standard InChI is InChI=1S/C16H33N3/c1-5-14-10-17-16(13(2)3)12-19(14)11-15-8-6-7-9-18(15)4/h13-17H,5-12H2,1-4H3. The average molecular weight is 267 g/mol. The van der Waals surface area contributed by atoms with Gasteiger partial charge in [-0.05, 0) is 38.8 Å². The molecular formula is C16H33N3. The Hall–Kier alpha value is -0.120. The summed E-state index contributed by atoms with van der Waals surface area (Å²) in [5, 5.41) is 3.74. The minimum Gasteiger partial charge on any atom is -0.311 e. The van der Waals surface area contributed by atoms with Crippen LogP contribution in [0.2, 0.25) is 0 Å². The number of nitrogens with zero attached hydrogens (tertiary/aromatic N) is 2. The van der Waals surface area contributed by atoms with Crippen molar-refractivity contribution in [2.75, 3.05) is 33.2 Å².